The van der Waals surface area contributed by atoms with Crippen LogP contribution in [0.5, 0.6) is 0 Å². The Morgan fingerprint density at radius 2 is 2.31 bits per heavy atom. The quantitative estimate of drug-likeness (QED) is 0.788. The minimum absolute atomic E-state index is 0.0260. The Kier molecular flexibility index (Phi) is 3.19. The summed E-state index contributed by atoms with van der Waals surface area (Å²) in [6.07, 6.45) is 0.719. The summed E-state index contributed by atoms with van der Waals surface area (Å²) in [6.45, 7) is 0.208. The van der Waals surface area contributed by atoms with Crippen molar-refractivity contribution in [2.24, 2.45) is 5.92 Å². The van der Waals surface area contributed by atoms with Crippen molar-refractivity contribution in [3.8, 4) is 0 Å². The average Bonchev–Trinajstić information content (AvgIpc) is 3.06. The van der Waals surface area contributed by atoms with Crippen molar-refractivity contribution in [3.63, 3.8) is 0 Å². The SMILES string of the molecule is COCNC(=O)C1CC1c1ccccc1F. The van der Waals surface area contributed by atoms with E-state index in [0.717, 1.165) is 6.42 Å². The number of hydrogen-bond acceptors (Lipinski definition) is 2. The maximum absolute atomic E-state index is 13.4. The van der Waals surface area contributed by atoms with Crippen molar-refractivity contribution in [3.05, 3.63) is 35.6 Å². The zero-order chi connectivity index (χ0) is 11.5. The van der Waals surface area contributed by atoms with E-state index in [-0.39, 0.29) is 30.3 Å². The lowest BCUT2D eigenvalue weighted by Crippen LogP contribution is -2.27. The monoisotopic (exact) mass is 223 g/mol. The van der Waals surface area contributed by atoms with Crippen molar-refractivity contribution in [1.29, 1.82) is 0 Å². The summed E-state index contributed by atoms with van der Waals surface area (Å²) in [5.74, 6) is -0.366. The van der Waals surface area contributed by atoms with Crippen molar-refractivity contribution in [2.45, 2.75) is 12.3 Å². The number of amides is 1. The molecule has 0 heterocycles. The second-order valence-electron chi connectivity index (χ2n) is 3.94. The lowest BCUT2D eigenvalue weighted by Gasteiger charge is -2.03. The molecular weight excluding hydrogens is 209 g/mol. The van der Waals surface area contributed by atoms with Crippen LogP contribution in [0.3, 0.4) is 0 Å². The normalized spacial score (nSPS) is 22.9. The Labute approximate surface area is 93.6 Å². The van der Waals surface area contributed by atoms with E-state index in [4.69, 9.17) is 4.74 Å². The molecule has 0 bridgehead atoms. The molecule has 2 unspecified atom stereocenters. The van der Waals surface area contributed by atoms with Gasteiger partial charge >= 0.3 is 0 Å². The van der Waals surface area contributed by atoms with E-state index in [0.29, 0.717) is 5.56 Å². The van der Waals surface area contributed by atoms with Gasteiger partial charge < -0.3 is 10.1 Å². The third-order valence-electron chi connectivity index (χ3n) is 2.82. The average molecular weight is 223 g/mol. The highest BCUT2D eigenvalue weighted by Gasteiger charge is 2.44. The largest absolute Gasteiger partial charge is 0.364 e. The molecule has 1 aliphatic rings. The summed E-state index contributed by atoms with van der Waals surface area (Å²) in [5, 5.41) is 2.63. The van der Waals surface area contributed by atoms with Crippen LogP contribution < -0.4 is 5.32 Å². The number of hydrogen-bond donors (Lipinski definition) is 1. The molecular formula is C12H14FNO2. The van der Waals surface area contributed by atoms with Gasteiger partial charge in [-0.05, 0) is 24.0 Å². The second kappa shape index (κ2) is 4.61. The molecule has 1 saturated carbocycles. The number of rotatable bonds is 4. The molecule has 1 amide bonds. The van der Waals surface area contributed by atoms with Crippen LogP contribution in [-0.4, -0.2) is 19.7 Å². The number of ether oxygens (including phenoxy) is 1. The molecule has 0 radical (unpaired) electrons. The van der Waals surface area contributed by atoms with Crippen molar-refractivity contribution < 1.29 is 13.9 Å². The van der Waals surface area contributed by atoms with Gasteiger partial charge in [0, 0.05) is 13.0 Å². The van der Waals surface area contributed by atoms with Gasteiger partial charge in [-0.2, -0.15) is 0 Å². The van der Waals surface area contributed by atoms with Crippen LogP contribution in [0.25, 0.3) is 0 Å². The summed E-state index contributed by atoms with van der Waals surface area (Å²) in [6, 6.07) is 6.61. The molecule has 1 fully saturated rings. The Bertz CT molecular complexity index is 394. The van der Waals surface area contributed by atoms with Crippen LogP contribution in [-0.2, 0) is 9.53 Å². The van der Waals surface area contributed by atoms with Gasteiger partial charge in [0.1, 0.15) is 12.5 Å². The molecule has 1 N–H and O–H groups in total. The predicted molar refractivity (Wildman–Crippen MR) is 57.3 cm³/mol. The number of carbonyl (C=O) groups excluding carboxylic acids is 1. The van der Waals surface area contributed by atoms with Gasteiger partial charge in [0.25, 0.3) is 0 Å². The highest BCUT2D eigenvalue weighted by Crippen LogP contribution is 2.48. The Balaban J connectivity index is 1.96. The van der Waals surface area contributed by atoms with Crippen LogP contribution in [0.2, 0.25) is 0 Å². The first kappa shape index (κ1) is 11.1. The van der Waals surface area contributed by atoms with Crippen molar-refractivity contribution in [1.82, 2.24) is 5.32 Å². The van der Waals surface area contributed by atoms with Gasteiger partial charge in [-0.25, -0.2) is 4.39 Å². The fourth-order valence-corrected chi connectivity index (χ4v) is 1.88. The minimum atomic E-state index is -0.227. The highest BCUT2D eigenvalue weighted by atomic mass is 19.1. The van der Waals surface area contributed by atoms with E-state index in [1.807, 2.05) is 0 Å². The molecule has 0 saturated heterocycles. The molecule has 1 aromatic carbocycles. The van der Waals surface area contributed by atoms with Crippen LogP contribution in [0.4, 0.5) is 4.39 Å². The van der Waals surface area contributed by atoms with E-state index < -0.39 is 0 Å². The summed E-state index contributed by atoms with van der Waals surface area (Å²) in [7, 11) is 1.52. The lowest BCUT2D eigenvalue weighted by molar-refractivity contribution is -0.123. The van der Waals surface area contributed by atoms with Crippen LogP contribution >= 0.6 is 0 Å². The Hall–Kier alpha value is -1.42. The van der Waals surface area contributed by atoms with Crippen LogP contribution in [0, 0.1) is 11.7 Å². The van der Waals surface area contributed by atoms with Gasteiger partial charge in [0.05, 0.1) is 0 Å². The van der Waals surface area contributed by atoms with E-state index in [1.54, 1.807) is 18.2 Å². The molecule has 0 spiro atoms. The minimum Gasteiger partial charge on any atom is -0.364 e. The predicted octanol–water partition coefficient (Wildman–Crippen LogP) is 1.65. The first-order valence-corrected chi connectivity index (χ1v) is 5.25. The van der Waals surface area contributed by atoms with Gasteiger partial charge in [-0.3, -0.25) is 4.79 Å². The summed E-state index contributed by atoms with van der Waals surface area (Å²) < 4.78 is 18.2. The molecule has 86 valence electrons. The fourth-order valence-electron chi connectivity index (χ4n) is 1.88. The first-order chi connectivity index (χ1) is 7.74. The zero-order valence-corrected chi connectivity index (χ0v) is 9.07. The van der Waals surface area contributed by atoms with Crippen LogP contribution in [0.1, 0.15) is 17.9 Å². The maximum Gasteiger partial charge on any atom is 0.225 e. The van der Waals surface area contributed by atoms with Gasteiger partial charge in [-0.1, -0.05) is 18.2 Å². The van der Waals surface area contributed by atoms with E-state index in [9.17, 15) is 9.18 Å². The van der Waals surface area contributed by atoms with Gasteiger partial charge in [0.2, 0.25) is 5.91 Å². The Morgan fingerprint density at radius 3 is 3.00 bits per heavy atom. The van der Waals surface area contributed by atoms with Crippen molar-refractivity contribution in [2.75, 3.05) is 13.8 Å². The van der Waals surface area contributed by atoms with E-state index in [2.05, 4.69) is 5.32 Å². The first-order valence-electron chi connectivity index (χ1n) is 5.25. The summed E-state index contributed by atoms with van der Waals surface area (Å²) in [4.78, 5) is 11.5. The molecule has 16 heavy (non-hydrogen) atoms. The van der Waals surface area contributed by atoms with E-state index in [1.165, 1.54) is 13.2 Å². The molecule has 0 aliphatic heterocycles. The molecule has 2 rings (SSSR count). The third kappa shape index (κ3) is 2.22. The zero-order valence-electron chi connectivity index (χ0n) is 9.07. The van der Waals surface area contributed by atoms with Gasteiger partial charge in [-0.15, -0.1) is 0 Å². The topological polar surface area (TPSA) is 38.3 Å². The standard InChI is InChI=1S/C12H14FNO2/c1-16-7-14-12(15)10-6-9(10)8-4-2-3-5-11(8)13/h2-5,9-10H,6-7H2,1H3,(H,14,15). The molecule has 2 atom stereocenters. The van der Waals surface area contributed by atoms with Gasteiger partial charge in [0.15, 0.2) is 0 Å². The lowest BCUT2D eigenvalue weighted by atomic mass is 10.1. The van der Waals surface area contributed by atoms with Crippen molar-refractivity contribution >= 4 is 5.91 Å². The number of benzene rings is 1. The smallest absolute Gasteiger partial charge is 0.225 e. The number of halogens is 1. The molecule has 0 aromatic heterocycles. The molecule has 1 aliphatic carbocycles. The summed E-state index contributed by atoms with van der Waals surface area (Å²) >= 11 is 0. The second-order valence-corrected chi connectivity index (χ2v) is 3.94. The number of carbonyl (C=O) groups is 1. The van der Waals surface area contributed by atoms with E-state index >= 15 is 0 Å². The fraction of sp³-hybridized carbons (Fsp3) is 0.417. The maximum atomic E-state index is 13.4. The molecule has 4 heteroatoms. The number of nitrogens with one attached hydrogen (secondary N) is 1. The Morgan fingerprint density at radius 1 is 1.56 bits per heavy atom. The summed E-state index contributed by atoms with van der Waals surface area (Å²) in [5.41, 5.74) is 0.639. The number of methoxy groups -OCH3 is 1. The highest BCUT2D eigenvalue weighted by molar-refractivity contribution is 5.82. The molecule has 1 aromatic rings. The third-order valence-corrected chi connectivity index (χ3v) is 2.82. The van der Waals surface area contributed by atoms with Crippen LogP contribution in [0.15, 0.2) is 24.3 Å². The molecule has 3 nitrogen and oxygen atoms in total.